The minimum absolute atomic E-state index is 0.249. The summed E-state index contributed by atoms with van der Waals surface area (Å²) in [5.41, 5.74) is -0.271. The van der Waals surface area contributed by atoms with Crippen LogP contribution in [-0.4, -0.2) is 23.0 Å². The van der Waals surface area contributed by atoms with Gasteiger partial charge in [0.05, 0.1) is 0 Å². The van der Waals surface area contributed by atoms with Gasteiger partial charge in [-0.3, -0.25) is 4.79 Å². The maximum Gasteiger partial charge on any atom is 0.461 e. The topological polar surface area (TPSA) is 37.3 Å². The molecule has 0 atom stereocenters. The number of allylic oxidation sites excluding steroid dienone is 1. The van der Waals surface area contributed by atoms with E-state index in [2.05, 4.69) is 0 Å². The summed E-state index contributed by atoms with van der Waals surface area (Å²) in [4.78, 5) is 10.8. The zero-order valence-corrected chi connectivity index (χ0v) is 9.01. The Morgan fingerprint density at radius 1 is 1.05 bits per heavy atom. The Hall–Kier alpha value is -1.99. The van der Waals surface area contributed by atoms with Crippen LogP contribution in [0.5, 0.6) is 0 Å². The van der Waals surface area contributed by atoms with E-state index in [-0.39, 0.29) is 11.6 Å². The molecule has 0 unspecified atom stereocenters. The van der Waals surface area contributed by atoms with Gasteiger partial charge in [0.15, 0.2) is 0 Å². The van der Waals surface area contributed by atoms with E-state index in [9.17, 15) is 36.2 Å². The maximum absolute atomic E-state index is 12.6. The number of alkyl halides is 5. The number of aliphatic hydroxyl groups excluding tert-OH is 1. The first kappa shape index (κ1) is 15.1. The second-order valence-corrected chi connectivity index (χ2v) is 3.47. The standard InChI is InChI=1S/C11H6F6O2/c12-7-3-1-6(2-4-7)8(18)5-9(19)10(13,14)11(15,16)17/h1-5,18H/b8-5-. The first-order chi connectivity index (χ1) is 8.55. The molecule has 104 valence electrons. The summed E-state index contributed by atoms with van der Waals surface area (Å²) in [6.45, 7) is 0. The molecule has 1 aromatic carbocycles. The predicted octanol–water partition coefficient (Wildman–Crippen LogP) is 3.49. The summed E-state index contributed by atoms with van der Waals surface area (Å²) >= 11 is 0. The van der Waals surface area contributed by atoms with Gasteiger partial charge in [-0.25, -0.2) is 4.39 Å². The molecule has 0 aliphatic rings. The average Bonchev–Trinajstić information content (AvgIpc) is 2.28. The van der Waals surface area contributed by atoms with Gasteiger partial charge in [0, 0.05) is 11.6 Å². The van der Waals surface area contributed by atoms with Crippen LogP contribution in [0.2, 0.25) is 0 Å². The number of halogens is 6. The fourth-order valence-corrected chi connectivity index (χ4v) is 1.06. The SMILES string of the molecule is O=C(/C=C(\O)c1ccc(F)cc1)C(F)(F)C(F)(F)F. The molecule has 0 saturated heterocycles. The molecule has 0 spiro atoms. The number of rotatable bonds is 3. The van der Waals surface area contributed by atoms with Crippen molar-refractivity contribution in [3.05, 3.63) is 41.7 Å². The highest BCUT2D eigenvalue weighted by Gasteiger charge is 2.62. The molecule has 0 aromatic heterocycles. The minimum Gasteiger partial charge on any atom is -0.507 e. The summed E-state index contributed by atoms with van der Waals surface area (Å²) in [5, 5.41) is 9.23. The number of hydrogen-bond donors (Lipinski definition) is 1. The lowest BCUT2D eigenvalue weighted by molar-refractivity contribution is -0.266. The van der Waals surface area contributed by atoms with E-state index >= 15 is 0 Å². The normalized spacial score (nSPS) is 13.5. The van der Waals surface area contributed by atoms with Crippen molar-refractivity contribution in [2.24, 2.45) is 0 Å². The van der Waals surface area contributed by atoms with E-state index < -0.39 is 29.5 Å². The van der Waals surface area contributed by atoms with Crippen LogP contribution in [0.1, 0.15) is 5.56 Å². The van der Waals surface area contributed by atoms with E-state index in [4.69, 9.17) is 0 Å². The highest BCUT2D eigenvalue weighted by atomic mass is 19.4. The highest BCUT2D eigenvalue weighted by molar-refractivity contribution is 6.00. The molecule has 0 heterocycles. The Bertz CT molecular complexity index is 501. The Morgan fingerprint density at radius 2 is 1.53 bits per heavy atom. The zero-order chi connectivity index (χ0) is 14.8. The molecule has 2 nitrogen and oxygen atoms in total. The lowest BCUT2D eigenvalue weighted by Gasteiger charge is -2.16. The van der Waals surface area contributed by atoms with Crippen LogP contribution >= 0.6 is 0 Å². The number of carbonyl (C=O) groups is 1. The summed E-state index contributed by atoms with van der Waals surface area (Å²) in [6.07, 6.45) is -6.30. The number of hydrogen-bond acceptors (Lipinski definition) is 2. The largest absolute Gasteiger partial charge is 0.507 e. The first-order valence-electron chi connectivity index (χ1n) is 4.71. The van der Waals surface area contributed by atoms with Crippen molar-refractivity contribution < 1.29 is 36.2 Å². The van der Waals surface area contributed by atoms with Gasteiger partial charge in [-0.1, -0.05) is 0 Å². The second kappa shape index (κ2) is 4.94. The van der Waals surface area contributed by atoms with Crippen molar-refractivity contribution in [2.75, 3.05) is 0 Å². The zero-order valence-electron chi connectivity index (χ0n) is 9.01. The monoisotopic (exact) mass is 284 g/mol. The average molecular weight is 284 g/mol. The van der Waals surface area contributed by atoms with Crippen molar-refractivity contribution in [1.82, 2.24) is 0 Å². The van der Waals surface area contributed by atoms with Gasteiger partial charge >= 0.3 is 12.1 Å². The summed E-state index contributed by atoms with van der Waals surface area (Å²) < 4.78 is 73.2. The molecule has 19 heavy (non-hydrogen) atoms. The van der Waals surface area contributed by atoms with Gasteiger partial charge in [0.2, 0.25) is 5.78 Å². The van der Waals surface area contributed by atoms with Crippen LogP contribution in [0.4, 0.5) is 26.3 Å². The van der Waals surface area contributed by atoms with Crippen LogP contribution in [0.25, 0.3) is 5.76 Å². The van der Waals surface area contributed by atoms with Gasteiger partial charge in [-0.15, -0.1) is 0 Å². The fourth-order valence-electron chi connectivity index (χ4n) is 1.06. The number of aliphatic hydroxyl groups is 1. The number of benzene rings is 1. The summed E-state index contributed by atoms with van der Waals surface area (Å²) in [5.74, 6) is -10.0. The third-order valence-corrected chi connectivity index (χ3v) is 2.07. The van der Waals surface area contributed by atoms with Crippen molar-refractivity contribution in [2.45, 2.75) is 12.1 Å². The fraction of sp³-hybridized carbons (Fsp3) is 0.182. The lowest BCUT2D eigenvalue weighted by atomic mass is 10.1. The van der Waals surface area contributed by atoms with Crippen LogP contribution in [-0.2, 0) is 4.79 Å². The van der Waals surface area contributed by atoms with E-state index in [1.807, 2.05) is 0 Å². The van der Waals surface area contributed by atoms with Gasteiger partial charge < -0.3 is 5.11 Å². The number of ketones is 1. The summed E-state index contributed by atoms with van der Waals surface area (Å²) in [6, 6.07) is 3.51. The van der Waals surface area contributed by atoms with Crippen molar-refractivity contribution in [1.29, 1.82) is 0 Å². The molecule has 0 aliphatic heterocycles. The summed E-state index contributed by atoms with van der Waals surface area (Å²) in [7, 11) is 0. The molecule has 1 aromatic rings. The lowest BCUT2D eigenvalue weighted by Crippen LogP contribution is -2.43. The molecule has 0 amide bonds. The Balaban J connectivity index is 3.03. The molecular formula is C11H6F6O2. The molecule has 0 radical (unpaired) electrons. The van der Waals surface area contributed by atoms with Crippen molar-refractivity contribution in [3.63, 3.8) is 0 Å². The molecule has 1 rings (SSSR count). The second-order valence-electron chi connectivity index (χ2n) is 3.47. The van der Waals surface area contributed by atoms with Crippen LogP contribution in [0, 0.1) is 5.82 Å². The number of carbonyl (C=O) groups excluding carboxylic acids is 1. The van der Waals surface area contributed by atoms with Crippen molar-refractivity contribution >= 4 is 11.5 Å². The van der Waals surface area contributed by atoms with Crippen LogP contribution in [0.3, 0.4) is 0 Å². The Labute approximate surface area is 103 Å². The van der Waals surface area contributed by atoms with Gasteiger partial charge in [0.25, 0.3) is 0 Å². The minimum atomic E-state index is -6.05. The predicted molar refractivity (Wildman–Crippen MR) is 53.0 cm³/mol. The first-order valence-corrected chi connectivity index (χ1v) is 4.71. The third kappa shape index (κ3) is 3.27. The van der Waals surface area contributed by atoms with E-state index in [0.29, 0.717) is 0 Å². The Morgan fingerprint density at radius 3 is 1.95 bits per heavy atom. The molecule has 1 N–H and O–H groups in total. The van der Waals surface area contributed by atoms with Gasteiger partial charge in [0.1, 0.15) is 11.6 Å². The smallest absolute Gasteiger partial charge is 0.461 e. The van der Waals surface area contributed by atoms with E-state index in [1.54, 1.807) is 0 Å². The molecular weight excluding hydrogens is 278 g/mol. The molecule has 8 heteroatoms. The van der Waals surface area contributed by atoms with Crippen LogP contribution in [0.15, 0.2) is 30.3 Å². The molecule has 0 fully saturated rings. The van der Waals surface area contributed by atoms with Crippen LogP contribution < -0.4 is 0 Å². The third-order valence-electron chi connectivity index (χ3n) is 2.07. The van der Waals surface area contributed by atoms with E-state index in [0.717, 1.165) is 24.3 Å². The maximum atomic E-state index is 12.6. The Kier molecular flexibility index (Phi) is 3.92. The molecule has 0 aliphatic carbocycles. The highest BCUT2D eigenvalue weighted by Crippen LogP contribution is 2.36. The van der Waals surface area contributed by atoms with Gasteiger partial charge in [-0.2, -0.15) is 22.0 Å². The quantitative estimate of drug-likeness (QED) is 0.524. The molecule has 0 saturated carbocycles. The molecule has 0 bridgehead atoms. The van der Waals surface area contributed by atoms with Crippen molar-refractivity contribution in [3.8, 4) is 0 Å². The van der Waals surface area contributed by atoms with Gasteiger partial charge in [-0.05, 0) is 24.3 Å². The van der Waals surface area contributed by atoms with E-state index in [1.165, 1.54) is 0 Å².